The molecule has 0 spiro atoms. The molecule has 0 saturated heterocycles. The predicted molar refractivity (Wildman–Crippen MR) is 119 cm³/mol. The van der Waals surface area contributed by atoms with Crippen LogP contribution < -0.4 is 11.2 Å². The number of rotatable bonds is 6. The minimum atomic E-state index is -0.376. The van der Waals surface area contributed by atoms with Gasteiger partial charge in [-0.15, -0.1) is 9.89 Å². The van der Waals surface area contributed by atoms with Crippen molar-refractivity contribution in [3.63, 3.8) is 0 Å². The van der Waals surface area contributed by atoms with E-state index in [1.807, 2.05) is 49.4 Å². The Bertz CT molecular complexity index is 1270. The lowest BCUT2D eigenvalue weighted by Crippen LogP contribution is -2.36. The zero-order valence-electron chi connectivity index (χ0n) is 15.8. The number of aromatic nitrogens is 4. The number of ether oxygens (including phenoxy) is 1. The van der Waals surface area contributed by atoms with Crippen LogP contribution in [0.5, 0.6) is 0 Å². The van der Waals surface area contributed by atoms with Gasteiger partial charge in [0.2, 0.25) is 0 Å². The molecule has 0 fully saturated rings. The number of benzene rings is 2. The Morgan fingerprint density at radius 2 is 1.66 bits per heavy atom. The minimum absolute atomic E-state index is 0.171. The van der Waals surface area contributed by atoms with E-state index in [-0.39, 0.29) is 17.9 Å². The van der Waals surface area contributed by atoms with E-state index in [9.17, 15) is 9.59 Å². The molecule has 2 aromatic heterocycles. The van der Waals surface area contributed by atoms with Crippen LogP contribution in [0.2, 0.25) is 0 Å². The Morgan fingerprint density at radius 3 is 2.38 bits per heavy atom. The minimum Gasteiger partial charge on any atom is -0.369 e. The van der Waals surface area contributed by atoms with Gasteiger partial charge in [-0.25, -0.2) is 4.79 Å². The van der Waals surface area contributed by atoms with Crippen LogP contribution in [0, 0.1) is 3.57 Å². The first-order chi connectivity index (χ1) is 14.1. The first kappa shape index (κ1) is 19.6. The zero-order valence-corrected chi connectivity index (χ0v) is 17.9. The second kappa shape index (κ2) is 8.34. The van der Waals surface area contributed by atoms with Gasteiger partial charge in [0.1, 0.15) is 6.61 Å². The van der Waals surface area contributed by atoms with E-state index in [2.05, 4.69) is 27.7 Å². The molecule has 2 heterocycles. The molecule has 148 valence electrons. The van der Waals surface area contributed by atoms with Crippen molar-refractivity contribution in [2.45, 2.75) is 26.7 Å². The van der Waals surface area contributed by atoms with Crippen molar-refractivity contribution in [2.24, 2.45) is 0 Å². The maximum Gasteiger partial charge on any atom is 0.366 e. The van der Waals surface area contributed by atoms with Gasteiger partial charge in [0, 0.05) is 21.7 Å². The van der Waals surface area contributed by atoms with Crippen molar-refractivity contribution in [3.8, 4) is 0 Å². The standard InChI is InChI=1S/C21H19IN4O3/c1-2-24-19(14-29-13-15-8-4-3-5-9-15)23-26(21(24)28)25-12-18(22)16-10-6-7-11-17(16)20(25)27/h3-12H,2,13-14H2,1H3. The Morgan fingerprint density at radius 1 is 0.966 bits per heavy atom. The Hall–Kier alpha value is -2.72. The normalized spacial score (nSPS) is 11.2. The Balaban J connectivity index is 1.71. The molecule has 7 nitrogen and oxygen atoms in total. The third kappa shape index (κ3) is 3.77. The molecule has 8 heteroatoms. The summed E-state index contributed by atoms with van der Waals surface area (Å²) in [6.07, 6.45) is 1.63. The molecule has 29 heavy (non-hydrogen) atoms. The number of hydrogen-bond donors (Lipinski definition) is 0. The van der Waals surface area contributed by atoms with Crippen LogP contribution in [0.15, 0.2) is 70.4 Å². The van der Waals surface area contributed by atoms with Gasteiger partial charge in [0.05, 0.1) is 12.0 Å². The number of pyridine rings is 1. The van der Waals surface area contributed by atoms with Crippen molar-refractivity contribution in [2.75, 3.05) is 0 Å². The van der Waals surface area contributed by atoms with Crippen LogP contribution in [0.1, 0.15) is 18.3 Å². The molecule has 0 unspecified atom stereocenters. The second-order valence-corrected chi connectivity index (χ2v) is 7.65. The molecular weight excluding hydrogens is 483 g/mol. The zero-order chi connectivity index (χ0) is 20.4. The quantitative estimate of drug-likeness (QED) is 0.381. The van der Waals surface area contributed by atoms with Gasteiger partial charge in [0.15, 0.2) is 5.82 Å². The lowest BCUT2D eigenvalue weighted by atomic mass is 10.2. The monoisotopic (exact) mass is 502 g/mol. The molecule has 0 bridgehead atoms. The van der Waals surface area contributed by atoms with Gasteiger partial charge in [-0.1, -0.05) is 48.5 Å². The summed E-state index contributed by atoms with van der Waals surface area (Å²) in [6.45, 7) is 2.88. The van der Waals surface area contributed by atoms with E-state index in [0.717, 1.165) is 19.3 Å². The third-order valence-electron chi connectivity index (χ3n) is 4.65. The molecule has 0 N–H and O–H groups in total. The molecule has 0 saturated carbocycles. The molecule has 2 aromatic carbocycles. The lowest BCUT2D eigenvalue weighted by Gasteiger charge is -2.07. The largest absolute Gasteiger partial charge is 0.369 e. The Labute approximate surface area is 180 Å². The summed E-state index contributed by atoms with van der Waals surface area (Å²) >= 11 is 2.16. The average Bonchev–Trinajstić information content (AvgIpc) is 3.06. The summed E-state index contributed by atoms with van der Waals surface area (Å²) in [5.74, 6) is 0.475. The predicted octanol–water partition coefficient (Wildman–Crippen LogP) is 3.01. The van der Waals surface area contributed by atoms with Crippen molar-refractivity contribution >= 4 is 33.4 Å². The fraction of sp³-hybridized carbons (Fsp3) is 0.190. The highest BCUT2D eigenvalue weighted by Crippen LogP contribution is 2.16. The third-order valence-corrected chi connectivity index (χ3v) is 5.50. The van der Waals surface area contributed by atoms with E-state index in [1.54, 1.807) is 18.3 Å². The maximum atomic E-state index is 13.0. The first-order valence-electron chi connectivity index (χ1n) is 9.21. The number of hydrogen-bond acceptors (Lipinski definition) is 4. The van der Waals surface area contributed by atoms with Crippen molar-refractivity contribution in [1.82, 2.24) is 19.1 Å². The molecule has 0 atom stereocenters. The van der Waals surface area contributed by atoms with Crippen LogP contribution >= 0.6 is 22.6 Å². The van der Waals surface area contributed by atoms with Crippen LogP contribution in [-0.4, -0.2) is 19.1 Å². The molecular formula is C21H19IN4O3. The summed E-state index contributed by atoms with van der Waals surface area (Å²) < 4.78 is 9.39. The molecule has 0 radical (unpaired) electrons. The van der Waals surface area contributed by atoms with Crippen molar-refractivity contribution in [1.29, 1.82) is 0 Å². The second-order valence-electron chi connectivity index (χ2n) is 6.48. The van der Waals surface area contributed by atoms with Crippen LogP contribution in [0.3, 0.4) is 0 Å². The van der Waals surface area contributed by atoms with Crippen LogP contribution in [-0.2, 0) is 24.5 Å². The molecule has 0 aliphatic carbocycles. The van der Waals surface area contributed by atoms with Crippen molar-refractivity contribution < 1.29 is 4.74 Å². The fourth-order valence-electron chi connectivity index (χ4n) is 3.20. The van der Waals surface area contributed by atoms with Gasteiger partial charge < -0.3 is 4.74 Å². The van der Waals surface area contributed by atoms with Gasteiger partial charge >= 0.3 is 5.69 Å². The highest BCUT2D eigenvalue weighted by molar-refractivity contribution is 14.1. The van der Waals surface area contributed by atoms with Crippen LogP contribution in [0.25, 0.3) is 10.8 Å². The maximum absolute atomic E-state index is 13.0. The summed E-state index contributed by atoms with van der Waals surface area (Å²) in [7, 11) is 0. The summed E-state index contributed by atoms with van der Waals surface area (Å²) in [6, 6.07) is 17.1. The highest BCUT2D eigenvalue weighted by Gasteiger charge is 2.16. The van der Waals surface area contributed by atoms with Gasteiger partial charge in [-0.05, 0) is 41.1 Å². The average molecular weight is 502 g/mol. The number of halogens is 1. The smallest absolute Gasteiger partial charge is 0.366 e. The summed E-state index contributed by atoms with van der Waals surface area (Å²) in [5, 5.41) is 5.78. The number of nitrogens with zero attached hydrogens (tertiary/aromatic N) is 4. The fourth-order valence-corrected chi connectivity index (χ4v) is 3.94. The van der Waals surface area contributed by atoms with Gasteiger partial charge in [-0.3, -0.25) is 9.36 Å². The van der Waals surface area contributed by atoms with E-state index in [0.29, 0.717) is 24.4 Å². The Kier molecular flexibility index (Phi) is 5.63. The van der Waals surface area contributed by atoms with Crippen LogP contribution in [0.4, 0.5) is 0 Å². The topological polar surface area (TPSA) is 71.0 Å². The number of fused-ring (bicyclic) bond motifs is 1. The summed E-state index contributed by atoms with van der Waals surface area (Å²) in [4.78, 5) is 27.0. The van der Waals surface area contributed by atoms with E-state index in [1.165, 1.54) is 9.24 Å². The van der Waals surface area contributed by atoms with Crippen molar-refractivity contribution in [3.05, 3.63) is 96.6 Å². The lowest BCUT2D eigenvalue weighted by molar-refractivity contribution is 0.0987. The molecule has 0 amide bonds. The summed E-state index contributed by atoms with van der Waals surface area (Å²) in [5.41, 5.74) is 0.372. The first-order valence-corrected chi connectivity index (χ1v) is 10.3. The highest BCUT2D eigenvalue weighted by atomic mass is 127. The van der Waals surface area contributed by atoms with Gasteiger partial charge in [-0.2, -0.15) is 4.68 Å². The SMILES string of the molecule is CCn1c(COCc2ccccc2)nn(-n2cc(I)c3ccccc3c2=O)c1=O. The van der Waals surface area contributed by atoms with E-state index >= 15 is 0 Å². The molecule has 4 aromatic rings. The van der Waals surface area contributed by atoms with E-state index in [4.69, 9.17) is 4.74 Å². The molecule has 0 aliphatic heterocycles. The van der Waals surface area contributed by atoms with Gasteiger partial charge in [0.25, 0.3) is 5.56 Å². The molecule has 0 aliphatic rings. The van der Waals surface area contributed by atoms with E-state index < -0.39 is 0 Å². The molecule has 4 rings (SSSR count).